The van der Waals surface area contributed by atoms with E-state index >= 15 is 0 Å². The number of carbonyl (C=O) groups is 1. The SMILES string of the molecule is Cc1cccc(C(=O)Nc2nc(-c3ccc4c(c3)CC(C)N4S(C)(=O)=O)cs2)c1. The first kappa shape index (κ1) is 19.6. The van der Waals surface area contributed by atoms with Gasteiger partial charge < -0.3 is 0 Å². The lowest BCUT2D eigenvalue weighted by atomic mass is 10.1. The maximum atomic E-state index is 12.4. The van der Waals surface area contributed by atoms with E-state index in [1.54, 1.807) is 6.07 Å². The second-order valence-electron chi connectivity index (χ2n) is 7.32. The Balaban J connectivity index is 1.56. The first-order chi connectivity index (χ1) is 13.7. The molecular weight excluding hydrogens is 406 g/mol. The van der Waals surface area contributed by atoms with Crippen molar-refractivity contribution < 1.29 is 13.2 Å². The van der Waals surface area contributed by atoms with Gasteiger partial charge in [-0.3, -0.25) is 14.4 Å². The van der Waals surface area contributed by atoms with Gasteiger partial charge in [-0.15, -0.1) is 11.3 Å². The van der Waals surface area contributed by atoms with Gasteiger partial charge in [-0.1, -0.05) is 23.8 Å². The average molecular weight is 428 g/mol. The van der Waals surface area contributed by atoms with Crippen LogP contribution in [0.1, 0.15) is 28.4 Å². The van der Waals surface area contributed by atoms with E-state index in [0.717, 1.165) is 28.1 Å². The molecule has 3 aromatic rings. The maximum absolute atomic E-state index is 12.4. The Labute approximate surface area is 174 Å². The lowest BCUT2D eigenvalue weighted by molar-refractivity contribution is 0.102. The molecule has 2 aromatic carbocycles. The third-order valence-electron chi connectivity index (χ3n) is 4.89. The van der Waals surface area contributed by atoms with Crippen molar-refractivity contribution in [1.82, 2.24) is 4.98 Å². The number of rotatable bonds is 4. The van der Waals surface area contributed by atoms with Crippen LogP contribution >= 0.6 is 11.3 Å². The van der Waals surface area contributed by atoms with E-state index in [2.05, 4.69) is 10.3 Å². The second kappa shape index (κ2) is 7.27. The normalized spacial score (nSPS) is 16.0. The van der Waals surface area contributed by atoms with Gasteiger partial charge in [0.05, 0.1) is 17.6 Å². The Morgan fingerprint density at radius 3 is 2.76 bits per heavy atom. The molecule has 6 nitrogen and oxygen atoms in total. The number of nitrogens with zero attached hydrogens (tertiary/aromatic N) is 2. The summed E-state index contributed by atoms with van der Waals surface area (Å²) in [4.78, 5) is 17.0. The molecule has 0 spiro atoms. The quantitative estimate of drug-likeness (QED) is 0.680. The summed E-state index contributed by atoms with van der Waals surface area (Å²) in [6, 6.07) is 13.0. The molecule has 4 rings (SSSR count). The van der Waals surface area contributed by atoms with E-state index in [1.165, 1.54) is 21.9 Å². The zero-order valence-corrected chi connectivity index (χ0v) is 18.0. The minimum absolute atomic E-state index is 0.102. The highest BCUT2D eigenvalue weighted by Gasteiger charge is 2.32. The molecule has 0 radical (unpaired) electrons. The molecule has 1 amide bonds. The number of carbonyl (C=O) groups excluding carboxylic acids is 1. The zero-order chi connectivity index (χ0) is 20.8. The first-order valence-electron chi connectivity index (χ1n) is 9.18. The monoisotopic (exact) mass is 427 g/mol. The van der Waals surface area contributed by atoms with E-state index in [1.807, 2.05) is 55.6 Å². The van der Waals surface area contributed by atoms with Crippen molar-refractivity contribution in [2.24, 2.45) is 0 Å². The molecule has 0 bridgehead atoms. The Kier molecular flexibility index (Phi) is 4.92. The van der Waals surface area contributed by atoms with Crippen molar-refractivity contribution in [3.63, 3.8) is 0 Å². The number of sulfonamides is 1. The molecule has 1 aromatic heterocycles. The number of aromatic nitrogens is 1. The zero-order valence-electron chi connectivity index (χ0n) is 16.3. The van der Waals surface area contributed by atoms with Gasteiger partial charge in [0, 0.05) is 22.5 Å². The predicted molar refractivity (Wildman–Crippen MR) is 117 cm³/mol. The molecule has 0 saturated heterocycles. The van der Waals surface area contributed by atoms with Crippen molar-refractivity contribution >= 4 is 38.1 Å². The molecule has 1 unspecified atom stereocenters. The smallest absolute Gasteiger partial charge is 0.257 e. The molecule has 1 atom stereocenters. The van der Waals surface area contributed by atoms with Crippen LogP contribution in [0, 0.1) is 6.92 Å². The lowest BCUT2D eigenvalue weighted by Gasteiger charge is -2.21. The summed E-state index contributed by atoms with van der Waals surface area (Å²) in [5, 5.41) is 5.26. The van der Waals surface area contributed by atoms with Crippen LogP contribution in [0.5, 0.6) is 0 Å². The maximum Gasteiger partial charge on any atom is 0.257 e. The van der Waals surface area contributed by atoms with Gasteiger partial charge in [0.25, 0.3) is 5.91 Å². The molecule has 1 aliphatic heterocycles. The Morgan fingerprint density at radius 1 is 1.24 bits per heavy atom. The fraction of sp³-hybridized carbons (Fsp3) is 0.238. The number of amides is 1. The summed E-state index contributed by atoms with van der Waals surface area (Å²) in [5.41, 5.74) is 4.98. The van der Waals surface area contributed by atoms with Crippen molar-refractivity contribution in [2.75, 3.05) is 15.9 Å². The van der Waals surface area contributed by atoms with Gasteiger partial charge >= 0.3 is 0 Å². The van der Waals surface area contributed by atoms with Gasteiger partial charge in [0.15, 0.2) is 5.13 Å². The number of hydrogen-bond acceptors (Lipinski definition) is 5. The number of fused-ring (bicyclic) bond motifs is 1. The molecule has 1 aliphatic rings. The van der Waals surface area contributed by atoms with Crippen LogP contribution in [0.2, 0.25) is 0 Å². The number of nitrogens with one attached hydrogen (secondary N) is 1. The van der Waals surface area contributed by atoms with Gasteiger partial charge in [-0.25, -0.2) is 13.4 Å². The minimum atomic E-state index is -3.31. The second-order valence-corrected chi connectivity index (χ2v) is 10.0. The summed E-state index contributed by atoms with van der Waals surface area (Å²) in [6.45, 7) is 3.85. The third-order valence-corrected chi connectivity index (χ3v) is 6.92. The van der Waals surface area contributed by atoms with Crippen molar-refractivity contribution in [3.8, 4) is 11.3 Å². The fourth-order valence-corrected chi connectivity index (χ4v) is 5.67. The largest absolute Gasteiger partial charge is 0.298 e. The molecule has 29 heavy (non-hydrogen) atoms. The van der Waals surface area contributed by atoms with E-state index in [0.29, 0.717) is 17.1 Å². The Hall–Kier alpha value is -2.71. The molecule has 1 N–H and O–H groups in total. The Bertz CT molecular complexity index is 1200. The highest BCUT2D eigenvalue weighted by atomic mass is 32.2. The minimum Gasteiger partial charge on any atom is -0.298 e. The van der Waals surface area contributed by atoms with Crippen LogP contribution < -0.4 is 9.62 Å². The third kappa shape index (κ3) is 3.90. The number of hydrogen-bond donors (Lipinski definition) is 1. The summed E-state index contributed by atoms with van der Waals surface area (Å²) in [6.07, 6.45) is 1.90. The summed E-state index contributed by atoms with van der Waals surface area (Å²) in [5.74, 6) is -0.193. The van der Waals surface area contributed by atoms with Crippen LogP contribution in [0.15, 0.2) is 47.8 Å². The highest BCUT2D eigenvalue weighted by Crippen LogP contribution is 2.37. The van der Waals surface area contributed by atoms with Crippen LogP contribution in [0.25, 0.3) is 11.3 Å². The number of aryl methyl sites for hydroxylation is 1. The fourth-order valence-electron chi connectivity index (χ4n) is 3.69. The van der Waals surface area contributed by atoms with Gasteiger partial charge in [0.2, 0.25) is 10.0 Å². The van der Waals surface area contributed by atoms with Gasteiger partial charge in [0.1, 0.15) is 0 Å². The number of thiazole rings is 1. The highest BCUT2D eigenvalue weighted by molar-refractivity contribution is 7.92. The van der Waals surface area contributed by atoms with Crippen LogP contribution in [-0.2, 0) is 16.4 Å². The average Bonchev–Trinajstić information content (AvgIpc) is 3.23. The van der Waals surface area contributed by atoms with Crippen LogP contribution in [0.4, 0.5) is 10.8 Å². The standard InChI is InChI=1S/C21H21N3O3S2/c1-13-5-4-6-16(9-13)20(25)23-21-22-18(12-28-21)15-7-8-19-17(11-15)10-14(2)24(19)29(3,26)27/h4-9,11-12,14H,10H2,1-3H3,(H,22,23,25). The van der Waals surface area contributed by atoms with E-state index in [4.69, 9.17) is 0 Å². The van der Waals surface area contributed by atoms with E-state index < -0.39 is 10.0 Å². The Morgan fingerprint density at radius 2 is 2.03 bits per heavy atom. The van der Waals surface area contributed by atoms with Gasteiger partial charge in [-0.2, -0.15) is 0 Å². The molecule has 150 valence electrons. The molecule has 0 saturated carbocycles. The molecule has 2 heterocycles. The van der Waals surface area contributed by atoms with Crippen LogP contribution in [-0.4, -0.2) is 31.6 Å². The lowest BCUT2D eigenvalue weighted by Crippen LogP contribution is -2.34. The first-order valence-corrected chi connectivity index (χ1v) is 11.9. The van der Waals surface area contributed by atoms with E-state index in [-0.39, 0.29) is 11.9 Å². The molecule has 8 heteroatoms. The number of anilines is 2. The van der Waals surface area contributed by atoms with Gasteiger partial charge in [-0.05, 0) is 50.1 Å². The predicted octanol–water partition coefficient (Wildman–Crippen LogP) is 4.08. The summed E-state index contributed by atoms with van der Waals surface area (Å²) < 4.78 is 25.6. The van der Waals surface area contributed by atoms with Crippen molar-refractivity contribution in [3.05, 3.63) is 64.5 Å². The summed E-state index contributed by atoms with van der Waals surface area (Å²) in [7, 11) is -3.31. The molecular formula is C21H21N3O3S2. The van der Waals surface area contributed by atoms with Crippen LogP contribution in [0.3, 0.4) is 0 Å². The summed E-state index contributed by atoms with van der Waals surface area (Å²) >= 11 is 1.36. The van der Waals surface area contributed by atoms with E-state index in [9.17, 15) is 13.2 Å². The molecule has 0 fully saturated rings. The number of benzene rings is 2. The van der Waals surface area contributed by atoms with Crippen molar-refractivity contribution in [2.45, 2.75) is 26.3 Å². The topological polar surface area (TPSA) is 79.4 Å². The van der Waals surface area contributed by atoms with Crippen molar-refractivity contribution in [1.29, 1.82) is 0 Å². The molecule has 0 aliphatic carbocycles.